The van der Waals surface area contributed by atoms with Gasteiger partial charge in [0, 0.05) is 4.47 Å². The monoisotopic (exact) mass is 333 g/mol. The van der Waals surface area contributed by atoms with Crippen LogP contribution in [0.3, 0.4) is 0 Å². The van der Waals surface area contributed by atoms with Crippen LogP contribution in [0.2, 0.25) is 0 Å². The minimum Gasteiger partial charge on any atom is -0.423 e. The number of nitrogens with zero attached hydrogens (tertiary/aromatic N) is 1. The normalized spacial score (nSPS) is 10.6. The van der Waals surface area contributed by atoms with Gasteiger partial charge in [0.2, 0.25) is 0 Å². The maximum atomic E-state index is 12.0. The summed E-state index contributed by atoms with van der Waals surface area (Å²) in [6.07, 6.45) is 0. The topological polar surface area (TPSA) is 39.2 Å². The summed E-state index contributed by atoms with van der Waals surface area (Å²) in [4.78, 5) is 16.2. The third-order valence-electron chi connectivity index (χ3n) is 2.59. The summed E-state index contributed by atoms with van der Waals surface area (Å²) in [7, 11) is 0. The van der Waals surface area contributed by atoms with Crippen LogP contribution in [0.1, 0.15) is 10.4 Å². The van der Waals surface area contributed by atoms with Gasteiger partial charge in [0.05, 0.1) is 21.3 Å². The molecule has 0 atom stereocenters. The molecule has 0 bridgehead atoms. The zero-order valence-electron chi connectivity index (χ0n) is 9.67. The van der Waals surface area contributed by atoms with Gasteiger partial charge in [0.15, 0.2) is 0 Å². The predicted molar refractivity (Wildman–Crippen MR) is 78.7 cm³/mol. The fraction of sp³-hybridized carbons (Fsp3) is 0. The second kappa shape index (κ2) is 5.11. The van der Waals surface area contributed by atoms with E-state index >= 15 is 0 Å². The number of thiazole rings is 1. The molecule has 0 N–H and O–H groups in total. The molecule has 0 saturated heterocycles. The van der Waals surface area contributed by atoms with Crippen molar-refractivity contribution in [3.05, 3.63) is 58.0 Å². The predicted octanol–water partition coefficient (Wildman–Crippen LogP) is 4.28. The molecule has 0 aliphatic carbocycles. The molecule has 0 radical (unpaired) electrons. The van der Waals surface area contributed by atoms with Crippen LogP contribution in [0.5, 0.6) is 5.75 Å². The molecule has 0 fully saturated rings. The van der Waals surface area contributed by atoms with E-state index in [9.17, 15) is 4.79 Å². The summed E-state index contributed by atoms with van der Waals surface area (Å²) >= 11 is 4.84. The first-order chi connectivity index (χ1) is 9.22. The van der Waals surface area contributed by atoms with E-state index in [1.807, 2.05) is 18.2 Å². The number of hydrogen-bond acceptors (Lipinski definition) is 4. The van der Waals surface area contributed by atoms with E-state index in [0.717, 1.165) is 14.7 Å². The first kappa shape index (κ1) is 12.3. The van der Waals surface area contributed by atoms with Crippen molar-refractivity contribution in [1.82, 2.24) is 4.98 Å². The van der Waals surface area contributed by atoms with Gasteiger partial charge >= 0.3 is 5.97 Å². The van der Waals surface area contributed by atoms with Crippen molar-refractivity contribution in [3.8, 4) is 5.75 Å². The van der Waals surface area contributed by atoms with Gasteiger partial charge in [-0.3, -0.25) is 0 Å². The second-order valence-electron chi connectivity index (χ2n) is 3.88. The Morgan fingerprint density at radius 1 is 1.16 bits per heavy atom. The van der Waals surface area contributed by atoms with E-state index in [1.165, 1.54) is 11.3 Å². The quantitative estimate of drug-likeness (QED) is 0.519. The molecule has 0 spiro atoms. The zero-order chi connectivity index (χ0) is 13.2. The van der Waals surface area contributed by atoms with Gasteiger partial charge in [-0.1, -0.05) is 15.9 Å². The van der Waals surface area contributed by atoms with Crippen LogP contribution in [0.4, 0.5) is 0 Å². The van der Waals surface area contributed by atoms with Crippen molar-refractivity contribution in [2.45, 2.75) is 0 Å². The number of aromatic nitrogens is 1. The first-order valence-corrected chi connectivity index (χ1v) is 7.21. The standard InChI is InChI=1S/C14H8BrNO2S/c15-10-2-4-11(5-3-10)18-14(17)9-1-6-12-13(7-9)19-8-16-12/h1-8H. The molecule has 2 aromatic carbocycles. The molecule has 0 saturated carbocycles. The number of benzene rings is 2. The lowest BCUT2D eigenvalue weighted by atomic mass is 10.2. The molecule has 3 aromatic rings. The summed E-state index contributed by atoms with van der Waals surface area (Å²) in [6.45, 7) is 0. The molecule has 94 valence electrons. The summed E-state index contributed by atoms with van der Waals surface area (Å²) < 4.78 is 7.23. The Balaban J connectivity index is 1.84. The minimum absolute atomic E-state index is 0.363. The highest BCUT2D eigenvalue weighted by Gasteiger charge is 2.10. The van der Waals surface area contributed by atoms with E-state index in [-0.39, 0.29) is 5.97 Å². The second-order valence-corrected chi connectivity index (χ2v) is 5.68. The van der Waals surface area contributed by atoms with Crippen molar-refractivity contribution in [3.63, 3.8) is 0 Å². The van der Waals surface area contributed by atoms with Gasteiger partial charge in [-0.25, -0.2) is 9.78 Å². The lowest BCUT2D eigenvalue weighted by molar-refractivity contribution is 0.0735. The third-order valence-corrected chi connectivity index (χ3v) is 3.91. The van der Waals surface area contributed by atoms with Gasteiger partial charge < -0.3 is 4.74 Å². The summed E-state index contributed by atoms with van der Waals surface area (Å²) in [5, 5.41) is 0. The Labute approximate surface area is 122 Å². The highest BCUT2D eigenvalue weighted by molar-refractivity contribution is 9.10. The average molecular weight is 334 g/mol. The Bertz CT molecular complexity index is 737. The van der Waals surface area contributed by atoms with Crippen LogP contribution in [0, 0.1) is 0 Å². The molecule has 0 unspecified atom stereocenters. The number of halogens is 1. The van der Waals surface area contributed by atoms with Crippen LogP contribution in [-0.4, -0.2) is 11.0 Å². The van der Waals surface area contributed by atoms with Crippen LogP contribution >= 0.6 is 27.3 Å². The van der Waals surface area contributed by atoms with Crippen molar-refractivity contribution >= 4 is 43.5 Å². The number of esters is 1. The van der Waals surface area contributed by atoms with Crippen molar-refractivity contribution in [2.75, 3.05) is 0 Å². The fourth-order valence-electron chi connectivity index (χ4n) is 1.65. The molecule has 1 aromatic heterocycles. The molecule has 1 heterocycles. The molecular formula is C14H8BrNO2S. The largest absolute Gasteiger partial charge is 0.423 e. The molecular weight excluding hydrogens is 326 g/mol. The number of rotatable bonds is 2. The van der Waals surface area contributed by atoms with Crippen LogP contribution in [-0.2, 0) is 0 Å². The zero-order valence-corrected chi connectivity index (χ0v) is 12.1. The maximum absolute atomic E-state index is 12.0. The van der Waals surface area contributed by atoms with Gasteiger partial charge in [-0.15, -0.1) is 11.3 Å². The van der Waals surface area contributed by atoms with Crippen LogP contribution in [0.15, 0.2) is 52.4 Å². The number of hydrogen-bond donors (Lipinski definition) is 0. The maximum Gasteiger partial charge on any atom is 0.343 e. The van der Waals surface area contributed by atoms with Crippen LogP contribution < -0.4 is 4.74 Å². The van der Waals surface area contributed by atoms with Gasteiger partial charge in [-0.05, 0) is 42.5 Å². The van der Waals surface area contributed by atoms with E-state index < -0.39 is 0 Å². The van der Waals surface area contributed by atoms with E-state index in [2.05, 4.69) is 20.9 Å². The highest BCUT2D eigenvalue weighted by atomic mass is 79.9. The Kier molecular flexibility index (Phi) is 3.31. The van der Waals surface area contributed by atoms with Gasteiger partial charge in [0.25, 0.3) is 0 Å². The lowest BCUT2D eigenvalue weighted by Crippen LogP contribution is -2.08. The summed E-state index contributed by atoms with van der Waals surface area (Å²) in [5.74, 6) is 0.162. The fourth-order valence-corrected chi connectivity index (χ4v) is 2.63. The van der Waals surface area contributed by atoms with Crippen molar-refractivity contribution < 1.29 is 9.53 Å². The smallest absolute Gasteiger partial charge is 0.343 e. The molecule has 0 aliphatic rings. The summed E-state index contributed by atoms with van der Waals surface area (Å²) in [5.41, 5.74) is 3.18. The molecule has 3 rings (SSSR count). The molecule has 19 heavy (non-hydrogen) atoms. The number of fused-ring (bicyclic) bond motifs is 1. The molecule has 5 heteroatoms. The van der Waals surface area contributed by atoms with Gasteiger partial charge in [-0.2, -0.15) is 0 Å². The average Bonchev–Trinajstić information content (AvgIpc) is 2.88. The number of carbonyl (C=O) groups is 1. The van der Waals surface area contributed by atoms with Crippen molar-refractivity contribution in [2.24, 2.45) is 0 Å². The SMILES string of the molecule is O=C(Oc1ccc(Br)cc1)c1ccc2ncsc2c1. The summed E-state index contributed by atoms with van der Waals surface area (Å²) in [6, 6.07) is 12.5. The minimum atomic E-state index is -0.363. The number of carbonyl (C=O) groups excluding carboxylic acids is 1. The Morgan fingerprint density at radius 3 is 2.74 bits per heavy atom. The molecule has 0 amide bonds. The highest BCUT2D eigenvalue weighted by Crippen LogP contribution is 2.21. The first-order valence-electron chi connectivity index (χ1n) is 5.53. The van der Waals surface area contributed by atoms with Gasteiger partial charge in [0.1, 0.15) is 5.75 Å². The molecule has 0 aliphatic heterocycles. The number of ether oxygens (including phenoxy) is 1. The van der Waals surface area contributed by atoms with E-state index in [1.54, 1.807) is 29.8 Å². The van der Waals surface area contributed by atoms with Crippen molar-refractivity contribution in [1.29, 1.82) is 0 Å². The third kappa shape index (κ3) is 2.67. The van der Waals surface area contributed by atoms with E-state index in [0.29, 0.717) is 11.3 Å². The lowest BCUT2D eigenvalue weighted by Gasteiger charge is -2.04. The molecule has 3 nitrogen and oxygen atoms in total. The van der Waals surface area contributed by atoms with Crippen LogP contribution in [0.25, 0.3) is 10.2 Å². The Hall–Kier alpha value is -1.72. The Morgan fingerprint density at radius 2 is 1.95 bits per heavy atom. The van der Waals surface area contributed by atoms with E-state index in [4.69, 9.17) is 4.74 Å².